The Bertz CT molecular complexity index is 2700. The summed E-state index contributed by atoms with van der Waals surface area (Å²) in [4.78, 5) is 0. The summed E-state index contributed by atoms with van der Waals surface area (Å²) in [5.74, 6) is 1.84. The van der Waals surface area contributed by atoms with Gasteiger partial charge in [-0.3, -0.25) is 0 Å². The first-order chi connectivity index (χ1) is 34.4. The summed E-state index contributed by atoms with van der Waals surface area (Å²) in [5.41, 5.74) is 26.7. The summed E-state index contributed by atoms with van der Waals surface area (Å²) in [5, 5.41) is 7.24. The predicted octanol–water partition coefficient (Wildman–Crippen LogP) is 19.7. The van der Waals surface area contributed by atoms with Crippen molar-refractivity contribution in [1.29, 1.82) is 5.41 Å². The van der Waals surface area contributed by atoms with E-state index in [9.17, 15) is 0 Å². The molecule has 0 aromatic heterocycles. The smallest absolute Gasteiger partial charge is 0.0355 e. The van der Waals surface area contributed by atoms with Gasteiger partial charge in [-0.25, -0.2) is 0 Å². The summed E-state index contributed by atoms with van der Waals surface area (Å²) in [7, 11) is 0. The SMILES string of the molecule is C=C(C)c1ccccc1.C=C(N)c1ccccc1.CC(=N)c1ccccc1.CC(C)=C(C)C(C)C(C)c1ccccc1.Cc1ccccc1C(C)(C)c1cc(CC(C)C)c(C(C)(C)c2ccccc2C)cc1C. The summed E-state index contributed by atoms with van der Waals surface area (Å²) >= 11 is 0. The monoisotopic (exact) mass is 971 g/mol. The molecule has 3 N–H and O–H groups in total. The van der Waals surface area contributed by atoms with Crippen LogP contribution in [0.4, 0.5) is 0 Å². The normalized spacial score (nSPS) is 11.6. The number of rotatable bonds is 12. The van der Waals surface area contributed by atoms with Crippen LogP contribution in [-0.4, -0.2) is 5.71 Å². The van der Waals surface area contributed by atoms with E-state index in [2.05, 4.69) is 213 Å². The first kappa shape index (κ1) is 60.5. The molecule has 0 bridgehead atoms. The second kappa shape index (κ2) is 29.1. The molecule has 0 aliphatic carbocycles. The fraction of sp³-hybridized carbons (Fsp3) is 0.310. The van der Waals surface area contributed by atoms with Crippen molar-refractivity contribution in [2.24, 2.45) is 17.6 Å². The highest BCUT2D eigenvalue weighted by molar-refractivity contribution is 5.96. The molecule has 2 unspecified atom stereocenters. The average Bonchev–Trinajstić information content (AvgIpc) is 3.37. The molecule has 7 aromatic carbocycles. The van der Waals surface area contributed by atoms with Crippen LogP contribution in [0, 0.1) is 38.0 Å². The molecule has 384 valence electrons. The molecule has 0 amide bonds. The van der Waals surface area contributed by atoms with E-state index >= 15 is 0 Å². The maximum Gasteiger partial charge on any atom is 0.0355 e. The fourth-order valence-corrected chi connectivity index (χ4v) is 9.39. The van der Waals surface area contributed by atoms with Gasteiger partial charge in [0.15, 0.2) is 0 Å². The zero-order chi connectivity index (χ0) is 54.5. The van der Waals surface area contributed by atoms with E-state index in [1.807, 2.05) is 85.8 Å². The highest BCUT2D eigenvalue weighted by Gasteiger charge is 2.32. The van der Waals surface area contributed by atoms with Gasteiger partial charge in [0.1, 0.15) is 0 Å². The molecule has 0 saturated heterocycles. The molecule has 0 fully saturated rings. The molecule has 2 atom stereocenters. The lowest BCUT2D eigenvalue weighted by Crippen LogP contribution is -2.26. The molecule has 0 aliphatic heterocycles. The number of nitrogens with two attached hydrogens (primary N) is 1. The van der Waals surface area contributed by atoms with Crippen molar-refractivity contribution in [3.05, 3.63) is 273 Å². The lowest BCUT2D eigenvalue weighted by molar-refractivity contribution is 0.556. The van der Waals surface area contributed by atoms with Crippen LogP contribution in [0.1, 0.15) is 163 Å². The molecule has 7 aromatic rings. The molecule has 0 heterocycles. The van der Waals surface area contributed by atoms with E-state index in [0.717, 1.165) is 23.1 Å². The van der Waals surface area contributed by atoms with Gasteiger partial charge >= 0.3 is 0 Å². The van der Waals surface area contributed by atoms with Crippen molar-refractivity contribution in [3.63, 3.8) is 0 Å². The van der Waals surface area contributed by atoms with Crippen LogP contribution in [0.25, 0.3) is 11.3 Å². The van der Waals surface area contributed by atoms with Gasteiger partial charge in [0.2, 0.25) is 0 Å². The molecular formula is C71H90N2. The Hall–Kier alpha value is -6.77. The molecule has 7 rings (SSSR count). The van der Waals surface area contributed by atoms with E-state index in [-0.39, 0.29) is 10.8 Å². The van der Waals surface area contributed by atoms with E-state index in [1.165, 1.54) is 66.8 Å². The number of aryl methyl sites for hydroxylation is 3. The molecule has 0 saturated carbocycles. The van der Waals surface area contributed by atoms with Gasteiger partial charge in [-0.15, -0.1) is 0 Å². The van der Waals surface area contributed by atoms with Crippen molar-refractivity contribution < 1.29 is 0 Å². The zero-order valence-corrected chi connectivity index (χ0v) is 47.8. The molecule has 0 aliphatic rings. The van der Waals surface area contributed by atoms with Crippen molar-refractivity contribution in [3.8, 4) is 0 Å². The van der Waals surface area contributed by atoms with E-state index in [4.69, 9.17) is 11.1 Å². The minimum Gasteiger partial charge on any atom is -0.399 e. The first-order valence-corrected chi connectivity index (χ1v) is 26.2. The molecular weight excluding hydrogens is 881 g/mol. The van der Waals surface area contributed by atoms with E-state index in [0.29, 0.717) is 29.2 Å². The highest BCUT2D eigenvalue weighted by atomic mass is 14.6. The number of allylic oxidation sites excluding steroid dienone is 3. The minimum absolute atomic E-state index is 0.0352. The van der Waals surface area contributed by atoms with Crippen LogP contribution in [0.5, 0.6) is 0 Å². The molecule has 2 heteroatoms. The first-order valence-electron chi connectivity index (χ1n) is 26.2. The third-order valence-corrected chi connectivity index (χ3v) is 14.2. The van der Waals surface area contributed by atoms with Crippen LogP contribution in [-0.2, 0) is 17.3 Å². The maximum absolute atomic E-state index is 7.24. The Morgan fingerprint density at radius 2 is 0.863 bits per heavy atom. The fourth-order valence-electron chi connectivity index (χ4n) is 9.39. The van der Waals surface area contributed by atoms with Gasteiger partial charge in [0, 0.05) is 22.2 Å². The molecule has 73 heavy (non-hydrogen) atoms. The quantitative estimate of drug-likeness (QED) is 0.0930. The number of hydrogen-bond donors (Lipinski definition) is 2. The summed E-state index contributed by atoms with van der Waals surface area (Å²) in [6, 6.07) is 63.0. The minimum atomic E-state index is -0.0360. The van der Waals surface area contributed by atoms with E-state index in [1.54, 1.807) is 6.92 Å². The van der Waals surface area contributed by atoms with Gasteiger partial charge in [-0.05, 0) is 146 Å². The largest absolute Gasteiger partial charge is 0.399 e. The second-order valence-electron chi connectivity index (χ2n) is 21.5. The Balaban J connectivity index is 0.000000275. The number of benzene rings is 7. The Morgan fingerprint density at radius 1 is 0.479 bits per heavy atom. The van der Waals surface area contributed by atoms with Crippen molar-refractivity contribution in [2.45, 2.75) is 134 Å². The predicted molar refractivity (Wildman–Crippen MR) is 324 cm³/mol. The van der Waals surface area contributed by atoms with Gasteiger partial charge in [-0.1, -0.05) is 267 Å². The van der Waals surface area contributed by atoms with Gasteiger partial charge in [-0.2, -0.15) is 0 Å². The van der Waals surface area contributed by atoms with Crippen LogP contribution in [0.15, 0.2) is 206 Å². The van der Waals surface area contributed by atoms with E-state index < -0.39 is 0 Å². The van der Waals surface area contributed by atoms with Gasteiger partial charge in [0.05, 0.1) is 0 Å². The van der Waals surface area contributed by atoms with Crippen LogP contribution in [0.3, 0.4) is 0 Å². The summed E-state index contributed by atoms with van der Waals surface area (Å²) in [6.07, 6.45) is 1.10. The third-order valence-electron chi connectivity index (χ3n) is 14.2. The van der Waals surface area contributed by atoms with Crippen LogP contribution >= 0.6 is 0 Å². The average molecular weight is 972 g/mol. The Kier molecular flexibility index (Phi) is 24.1. The summed E-state index contributed by atoms with van der Waals surface area (Å²) in [6.45, 7) is 43.5. The standard InChI is InChI=1S/C31H40.C15H22.C9H10.2C8H9N/c1-21(2)18-25-20-28(30(6,7)26-16-12-10-14-22(26)3)24(5)19-29(25)31(8,9)27-17-13-11-15-23(27)4;1-11(2)12(3)13(4)14(5)15-9-7-6-8-10-15;1-8(2)9-6-4-3-5-7-9;2*1-7(9)8-5-3-2-4-6-8/h10-17,19-21H,18H2,1-9H3;6-10,13-14H,1-5H3;3-7H,1H2,2H3;2-6,9H,1H3;2-6H,1,9H2. The number of hydrogen-bond acceptors (Lipinski definition) is 2. The van der Waals surface area contributed by atoms with Crippen LogP contribution in [0.2, 0.25) is 0 Å². The van der Waals surface area contributed by atoms with Crippen molar-refractivity contribution in [1.82, 2.24) is 0 Å². The van der Waals surface area contributed by atoms with Crippen molar-refractivity contribution in [2.75, 3.05) is 0 Å². The topological polar surface area (TPSA) is 49.9 Å². The van der Waals surface area contributed by atoms with Gasteiger partial charge < -0.3 is 11.1 Å². The van der Waals surface area contributed by atoms with Crippen molar-refractivity contribution >= 4 is 17.0 Å². The Morgan fingerprint density at radius 3 is 1.21 bits per heavy atom. The zero-order valence-electron chi connectivity index (χ0n) is 47.8. The third kappa shape index (κ3) is 18.3. The lowest BCUT2D eigenvalue weighted by Gasteiger charge is -2.35. The molecule has 2 nitrogen and oxygen atoms in total. The highest BCUT2D eigenvalue weighted by Crippen LogP contribution is 2.42. The van der Waals surface area contributed by atoms with Gasteiger partial charge in [0.25, 0.3) is 0 Å². The second-order valence-corrected chi connectivity index (χ2v) is 21.5. The van der Waals surface area contributed by atoms with Crippen LogP contribution < -0.4 is 5.73 Å². The summed E-state index contributed by atoms with van der Waals surface area (Å²) < 4.78 is 0. The molecule has 0 spiro atoms. The Labute approximate surface area is 444 Å². The lowest BCUT2D eigenvalue weighted by atomic mass is 9.69. The maximum atomic E-state index is 7.24. The number of nitrogens with one attached hydrogen (secondary N) is 1. The molecule has 0 radical (unpaired) electrons.